The van der Waals surface area contributed by atoms with Crippen molar-refractivity contribution >= 4 is 23.7 Å². The van der Waals surface area contributed by atoms with E-state index in [1.807, 2.05) is 6.92 Å². The van der Waals surface area contributed by atoms with Crippen LogP contribution < -0.4 is 15.5 Å². The number of nitrogens with one attached hydrogen (secondary N) is 2. The van der Waals surface area contributed by atoms with E-state index >= 15 is 0 Å². The van der Waals surface area contributed by atoms with E-state index in [4.69, 9.17) is 4.74 Å². The summed E-state index contributed by atoms with van der Waals surface area (Å²) < 4.78 is 18.1. The fraction of sp³-hybridized carbons (Fsp3) is 0.118. The van der Waals surface area contributed by atoms with Crippen molar-refractivity contribution in [3.8, 4) is 5.75 Å². The Morgan fingerprint density at radius 3 is 2.38 bits per heavy atom. The first-order valence-electron chi connectivity index (χ1n) is 7.21. The van der Waals surface area contributed by atoms with Gasteiger partial charge in [0.25, 0.3) is 0 Å². The lowest BCUT2D eigenvalue weighted by Gasteiger charge is -2.04. The molecule has 2 aromatic carbocycles. The number of anilines is 1. The predicted molar refractivity (Wildman–Crippen MR) is 88.4 cm³/mol. The number of halogens is 1. The number of nitrogens with zero attached hydrogens (tertiary/aromatic N) is 1. The van der Waals surface area contributed by atoms with Crippen molar-refractivity contribution in [2.24, 2.45) is 5.10 Å². The lowest BCUT2D eigenvalue weighted by Crippen LogP contribution is -2.32. The van der Waals surface area contributed by atoms with E-state index in [0.29, 0.717) is 12.3 Å². The molecule has 0 bridgehead atoms. The number of hydrazone groups is 1. The summed E-state index contributed by atoms with van der Waals surface area (Å²) in [6, 6.07) is 12.1. The maximum atomic E-state index is 12.8. The van der Waals surface area contributed by atoms with Gasteiger partial charge in [0, 0.05) is 5.69 Å². The normalized spacial score (nSPS) is 10.4. The Morgan fingerprint density at radius 1 is 1.08 bits per heavy atom. The highest BCUT2D eigenvalue weighted by Crippen LogP contribution is 2.10. The lowest BCUT2D eigenvalue weighted by atomic mass is 10.2. The van der Waals surface area contributed by atoms with Gasteiger partial charge < -0.3 is 10.1 Å². The smallest absolute Gasteiger partial charge is 0.329 e. The first-order valence-corrected chi connectivity index (χ1v) is 7.21. The number of hydrogen-bond donors (Lipinski definition) is 2. The average Bonchev–Trinajstić information content (AvgIpc) is 2.58. The number of ether oxygens (including phenoxy) is 1. The fourth-order valence-electron chi connectivity index (χ4n) is 1.75. The van der Waals surface area contributed by atoms with Gasteiger partial charge in [-0.05, 0) is 61.0 Å². The van der Waals surface area contributed by atoms with Crippen molar-refractivity contribution < 1.29 is 18.7 Å². The maximum Gasteiger partial charge on any atom is 0.329 e. The zero-order valence-corrected chi connectivity index (χ0v) is 13.0. The van der Waals surface area contributed by atoms with Gasteiger partial charge in [0.2, 0.25) is 0 Å². The lowest BCUT2D eigenvalue weighted by molar-refractivity contribution is -0.136. The van der Waals surface area contributed by atoms with E-state index in [1.54, 1.807) is 24.3 Å². The van der Waals surface area contributed by atoms with Crippen LogP contribution in [0.25, 0.3) is 0 Å². The number of hydrogen-bond acceptors (Lipinski definition) is 4. The first-order chi connectivity index (χ1) is 11.6. The molecule has 0 atom stereocenters. The minimum absolute atomic E-state index is 0.312. The van der Waals surface area contributed by atoms with Crippen LogP contribution in [0.2, 0.25) is 0 Å². The number of carbonyl (C=O) groups excluding carboxylic acids is 2. The van der Waals surface area contributed by atoms with Crippen LogP contribution in [0.3, 0.4) is 0 Å². The summed E-state index contributed by atoms with van der Waals surface area (Å²) in [6.45, 7) is 2.47. The second-order valence-corrected chi connectivity index (χ2v) is 4.66. The predicted octanol–water partition coefficient (Wildman–Crippen LogP) is 2.31. The molecule has 6 nitrogen and oxygen atoms in total. The number of amides is 2. The molecule has 124 valence electrons. The Kier molecular flexibility index (Phi) is 6.01. The largest absolute Gasteiger partial charge is 0.494 e. The number of rotatable bonds is 5. The quantitative estimate of drug-likeness (QED) is 0.502. The Morgan fingerprint density at radius 2 is 1.75 bits per heavy atom. The highest BCUT2D eigenvalue weighted by molar-refractivity contribution is 6.39. The van der Waals surface area contributed by atoms with Gasteiger partial charge in [-0.3, -0.25) is 9.59 Å². The maximum absolute atomic E-state index is 12.8. The molecule has 0 aliphatic heterocycles. The molecule has 0 aliphatic rings. The van der Waals surface area contributed by atoms with Crippen LogP contribution in [0, 0.1) is 5.82 Å². The molecule has 7 heteroatoms. The van der Waals surface area contributed by atoms with Crippen LogP contribution in [0.5, 0.6) is 5.75 Å². The SMILES string of the molecule is CCOc1ccc(/C=N/NC(=O)C(=O)Nc2ccc(F)cc2)cc1. The third-order valence-electron chi connectivity index (χ3n) is 2.88. The molecule has 0 saturated carbocycles. The molecule has 0 heterocycles. The Hall–Kier alpha value is -3.22. The summed E-state index contributed by atoms with van der Waals surface area (Å²) in [6.07, 6.45) is 1.40. The summed E-state index contributed by atoms with van der Waals surface area (Å²) in [5, 5.41) is 6.04. The zero-order chi connectivity index (χ0) is 17.4. The molecule has 0 aliphatic carbocycles. The number of benzene rings is 2. The number of carbonyl (C=O) groups is 2. The topological polar surface area (TPSA) is 79.8 Å². The van der Waals surface area contributed by atoms with Crippen LogP contribution in [0.1, 0.15) is 12.5 Å². The molecule has 0 unspecified atom stereocenters. The van der Waals surface area contributed by atoms with Crippen molar-refractivity contribution in [1.29, 1.82) is 0 Å². The van der Waals surface area contributed by atoms with E-state index in [1.165, 1.54) is 30.5 Å². The highest BCUT2D eigenvalue weighted by atomic mass is 19.1. The molecule has 24 heavy (non-hydrogen) atoms. The third kappa shape index (κ3) is 5.20. The molecule has 0 spiro atoms. The van der Waals surface area contributed by atoms with Crippen molar-refractivity contribution in [3.05, 3.63) is 59.9 Å². The van der Waals surface area contributed by atoms with Gasteiger partial charge in [-0.15, -0.1) is 0 Å². The van der Waals surface area contributed by atoms with Gasteiger partial charge in [-0.2, -0.15) is 5.10 Å². The van der Waals surface area contributed by atoms with Crippen molar-refractivity contribution in [2.45, 2.75) is 6.92 Å². The Bertz CT molecular complexity index is 728. The minimum atomic E-state index is -0.929. The molecule has 2 aromatic rings. The van der Waals surface area contributed by atoms with Gasteiger partial charge in [0.15, 0.2) is 0 Å². The van der Waals surface area contributed by atoms with Gasteiger partial charge in [-0.25, -0.2) is 9.82 Å². The molecule has 0 saturated heterocycles. The summed E-state index contributed by atoms with van der Waals surface area (Å²) in [5.41, 5.74) is 3.16. The van der Waals surface area contributed by atoms with E-state index in [2.05, 4.69) is 15.8 Å². The summed E-state index contributed by atoms with van der Waals surface area (Å²) in [4.78, 5) is 23.3. The molecular weight excluding hydrogens is 313 g/mol. The monoisotopic (exact) mass is 329 g/mol. The van der Waals surface area contributed by atoms with Gasteiger partial charge >= 0.3 is 11.8 Å². The fourth-order valence-corrected chi connectivity index (χ4v) is 1.75. The van der Waals surface area contributed by atoms with E-state index < -0.39 is 17.6 Å². The molecule has 2 rings (SSSR count). The summed E-state index contributed by atoms with van der Waals surface area (Å²) in [5.74, 6) is -1.53. The molecular formula is C17H16FN3O3. The van der Waals surface area contributed by atoms with Crippen molar-refractivity contribution in [3.63, 3.8) is 0 Å². The molecule has 0 aromatic heterocycles. The van der Waals surface area contributed by atoms with Crippen LogP contribution in [0.4, 0.5) is 10.1 Å². The van der Waals surface area contributed by atoms with Gasteiger partial charge in [0.1, 0.15) is 11.6 Å². The zero-order valence-electron chi connectivity index (χ0n) is 13.0. The van der Waals surface area contributed by atoms with E-state index in [0.717, 1.165) is 11.3 Å². The van der Waals surface area contributed by atoms with E-state index in [9.17, 15) is 14.0 Å². The van der Waals surface area contributed by atoms with Gasteiger partial charge in [0.05, 0.1) is 12.8 Å². The molecule has 0 fully saturated rings. The Labute approximate surface area is 138 Å². The molecule has 2 amide bonds. The van der Waals surface area contributed by atoms with Crippen molar-refractivity contribution in [1.82, 2.24) is 5.43 Å². The van der Waals surface area contributed by atoms with Crippen LogP contribution in [-0.2, 0) is 9.59 Å². The first kappa shape index (κ1) is 17.1. The average molecular weight is 329 g/mol. The van der Waals surface area contributed by atoms with Crippen LogP contribution in [-0.4, -0.2) is 24.6 Å². The summed E-state index contributed by atoms with van der Waals surface area (Å²) >= 11 is 0. The Balaban J connectivity index is 1.85. The van der Waals surface area contributed by atoms with E-state index in [-0.39, 0.29) is 0 Å². The third-order valence-corrected chi connectivity index (χ3v) is 2.88. The molecule has 2 N–H and O–H groups in total. The van der Waals surface area contributed by atoms with Gasteiger partial charge in [-0.1, -0.05) is 0 Å². The van der Waals surface area contributed by atoms with Crippen LogP contribution in [0.15, 0.2) is 53.6 Å². The second-order valence-electron chi connectivity index (χ2n) is 4.66. The highest BCUT2D eigenvalue weighted by Gasteiger charge is 2.12. The second kappa shape index (κ2) is 8.42. The van der Waals surface area contributed by atoms with Crippen molar-refractivity contribution in [2.75, 3.05) is 11.9 Å². The summed E-state index contributed by atoms with van der Waals surface area (Å²) in [7, 11) is 0. The standard InChI is InChI=1S/C17H16FN3O3/c1-2-24-15-9-3-12(4-10-15)11-19-21-17(23)16(22)20-14-7-5-13(18)6-8-14/h3-11H,2H2,1H3,(H,20,22)(H,21,23)/b19-11+. The molecule has 0 radical (unpaired) electrons. The minimum Gasteiger partial charge on any atom is -0.494 e. The van der Waals surface area contributed by atoms with Crippen LogP contribution >= 0.6 is 0 Å².